The normalized spacial score (nSPS) is 44.3. The highest BCUT2D eigenvalue weighted by molar-refractivity contribution is 5.73. The molecule has 3 rings (SSSR count). The number of aliphatic hydroxyl groups is 7. The summed E-state index contributed by atoms with van der Waals surface area (Å²) in [7, 11) is 0. The van der Waals surface area contributed by atoms with Crippen molar-refractivity contribution < 1.29 is 78.6 Å². The zero-order valence-electron chi connectivity index (χ0n) is 23.2. The van der Waals surface area contributed by atoms with Gasteiger partial charge >= 0.3 is 0 Å². The molecule has 2 amide bonds. The number of nitrogens with one attached hydrogen (secondary N) is 2. The van der Waals surface area contributed by atoms with Crippen LogP contribution in [0.2, 0.25) is 0 Å². The van der Waals surface area contributed by atoms with Crippen LogP contribution in [0.4, 0.5) is 0 Å². The second-order valence-corrected chi connectivity index (χ2v) is 10.3. The van der Waals surface area contributed by atoms with Gasteiger partial charge in [0.05, 0.1) is 19.3 Å². The van der Waals surface area contributed by atoms with E-state index in [4.69, 9.17) is 28.4 Å². The topological polar surface area (TPSA) is 272 Å². The zero-order valence-corrected chi connectivity index (χ0v) is 23.2. The van der Waals surface area contributed by atoms with Gasteiger partial charge in [0, 0.05) is 13.8 Å². The van der Waals surface area contributed by atoms with E-state index in [0.717, 1.165) is 13.8 Å². The zero-order chi connectivity index (χ0) is 31.3. The standard InChI is InChI=1S/C24H40N2O16/c1-8-15(32)18(35)19(36)24(38-8)42-21-14(26-10(3)31)22(37-5-4-27)40-12(7-29)20(21)41-23-13(25-9(2)30)17(34)16(33)11(6-28)39-23/h4,8,11-24,28-29,32-36H,5-7H2,1-3H3,(H,25,30)(H,26,31)/t8-,11+,12+,13+,14+,15+,16-,17+,18+,19-,20+,21+,22+,23-,24-/m0/s1. The van der Waals surface area contributed by atoms with E-state index in [0.29, 0.717) is 6.29 Å². The predicted molar refractivity (Wildman–Crippen MR) is 133 cm³/mol. The van der Waals surface area contributed by atoms with Crippen LogP contribution in [0.25, 0.3) is 0 Å². The number of rotatable bonds is 11. The molecule has 0 unspecified atom stereocenters. The lowest BCUT2D eigenvalue weighted by Gasteiger charge is -2.50. The molecule has 3 fully saturated rings. The van der Waals surface area contributed by atoms with Crippen molar-refractivity contribution >= 4 is 18.1 Å². The van der Waals surface area contributed by atoms with Gasteiger partial charge in [0.2, 0.25) is 11.8 Å². The van der Waals surface area contributed by atoms with Gasteiger partial charge in [0.25, 0.3) is 0 Å². The summed E-state index contributed by atoms with van der Waals surface area (Å²) in [6.45, 7) is 1.64. The number of amides is 2. The minimum atomic E-state index is -1.81. The van der Waals surface area contributed by atoms with E-state index in [9.17, 15) is 50.1 Å². The van der Waals surface area contributed by atoms with Crippen molar-refractivity contribution in [1.29, 1.82) is 0 Å². The number of carbonyl (C=O) groups is 3. The van der Waals surface area contributed by atoms with Gasteiger partial charge in [0.15, 0.2) is 18.9 Å². The first-order chi connectivity index (χ1) is 19.8. The van der Waals surface area contributed by atoms with E-state index in [-0.39, 0.29) is 0 Å². The van der Waals surface area contributed by atoms with Gasteiger partial charge in [-0.2, -0.15) is 0 Å². The predicted octanol–water partition coefficient (Wildman–Crippen LogP) is -6.03. The van der Waals surface area contributed by atoms with Crippen molar-refractivity contribution in [3.8, 4) is 0 Å². The number of hydrogen-bond donors (Lipinski definition) is 9. The first-order valence-electron chi connectivity index (χ1n) is 13.3. The van der Waals surface area contributed by atoms with Crippen LogP contribution < -0.4 is 10.6 Å². The Morgan fingerprint density at radius 3 is 1.86 bits per heavy atom. The Hall–Kier alpha value is -1.91. The average Bonchev–Trinajstić information content (AvgIpc) is 2.94. The van der Waals surface area contributed by atoms with Crippen molar-refractivity contribution in [2.24, 2.45) is 0 Å². The molecule has 0 aromatic heterocycles. The van der Waals surface area contributed by atoms with E-state index in [2.05, 4.69) is 10.6 Å². The Morgan fingerprint density at radius 1 is 0.714 bits per heavy atom. The third kappa shape index (κ3) is 7.78. The van der Waals surface area contributed by atoms with Gasteiger partial charge in [0.1, 0.15) is 79.9 Å². The van der Waals surface area contributed by atoms with E-state index >= 15 is 0 Å². The van der Waals surface area contributed by atoms with E-state index in [1.165, 1.54) is 6.92 Å². The van der Waals surface area contributed by atoms with Crippen LogP contribution >= 0.6 is 0 Å². The lowest BCUT2D eigenvalue weighted by atomic mass is 9.94. The van der Waals surface area contributed by atoms with Crippen LogP contribution in [0.1, 0.15) is 20.8 Å². The third-order valence-electron chi connectivity index (χ3n) is 7.17. The second-order valence-electron chi connectivity index (χ2n) is 10.3. The van der Waals surface area contributed by atoms with Crippen molar-refractivity contribution in [3.05, 3.63) is 0 Å². The summed E-state index contributed by atoms with van der Waals surface area (Å²) < 4.78 is 34.5. The molecule has 3 saturated heterocycles. The Labute approximate surface area is 240 Å². The summed E-state index contributed by atoms with van der Waals surface area (Å²) >= 11 is 0. The first kappa shape index (κ1) is 34.6. The average molecular weight is 613 g/mol. The summed E-state index contributed by atoms with van der Waals surface area (Å²) in [4.78, 5) is 35.2. The van der Waals surface area contributed by atoms with Gasteiger partial charge in [-0.3, -0.25) is 9.59 Å². The summed E-state index contributed by atoms with van der Waals surface area (Å²) in [5, 5.41) is 77.0. The highest BCUT2D eigenvalue weighted by Crippen LogP contribution is 2.33. The molecule has 3 aliphatic rings. The highest BCUT2D eigenvalue weighted by Gasteiger charge is 2.55. The molecule has 0 saturated carbocycles. The van der Waals surface area contributed by atoms with E-state index in [1.54, 1.807) is 0 Å². The van der Waals surface area contributed by atoms with Crippen LogP contribution in [0.15, 0.2) is 0 Å². The Kier molecular flexibility index (Phi) is 12.5. The van der Waals surface area contributed by atoms with E-state index < -0.39 is 124 Å². The highest BCUT2D eigenvalue weighted by atomic mass is 16.8. The van der Waals surface area contributed by atoms with Gasteiger partial charge in [-0.1, -0.05) is 0 Å². The molecule has 0 aromatic rings. The molecule has 18 nitrogen and oxygen atoms in total. The molecule has 0 radical (unpaired) electrons. The maximum Gasteiger partial charge on any atom is 0.217 e. The van der Waals surface area contributed by atoms with Crippen LogP contribution in [0.5, 0.6) is 0 Å². The molecule has 18 heteroatoms. The molecule has 0 bridgehead atoms. The van der Waals surface area contributed by atoms with Gasteiger partial charge in [-0.15, -0.1) is 0 Å². The van der Waals surface area contributed by atoms with Gasteiger partial charge < -0.3 is 79.6 Å². The summed E-state index contributed by atoms with van der Waals surface area (Å²) in [5.74, 6) is -1.27. The fraction of sp³-hybridized carbons (Fsp3) is 0.875. The van der Waals surface area contributed by atoms with Crippen molar-refractivity contribution in [2.75, 3.05) is 19.8 Å². The summed E-state index contributed by atoms with van der Waals surface area (Å²) in [5.41, 5.74) is 0. The maximum atomic E-state index is 12.2. The Balaban J connectivity index is 2.03. The molecule has 42 heavy (non-hydrogen) atoms. The lowest BCUT2D eigenvalue weighted by Crippen LogP contribution is -2.70. The van der Waals surface area contributed by atoms with E-state index in [1.807, 2.05) is 0 Å². The van der Waals surface area contributed by atoms with Crippen LogP contribution in [-0.2, 0) is 42.8 Å². The smallest absolute Gasteiger partial charge is 0.217 e. The monoisotopic (exact) mass is 612 g/mol. The Morgan fingerprint density at radius 2 is 1.29 bits per heavy atom. The molecule has 3 aliphatic heterocycles. The molecule has 0 spiro atoms. The minimum Gasteiger partial charge on any atom is -0.394 e. The fourth-order valence-electron chi connectivity index (χ4n) is 5.06. The Bertz CT molecular complexity index is 914. The van der Waals surface area contributed by atoms with Crippen molar-refractivity contribution in [3.63, 3.8) is 0 Å². The van der Waals surface area contributed by atoms with Crippen LogP contribution in [-0.4, -0.2) is 166 Å². The molecule has 9 N–H and O–H groups in total. The number of carbonyl (C=O) groups excluding carboxylic acids is 3. The maximum absolute atomic E-state index is 12.2. The van der Waals surface area contributed by atoms with Crippen LogP contribution in [0, 0.1) is 0 Å². The van der Waals surface area contributed by atoms with Crippen LogP contribution in [0.3, 0.4) is 0 Å². The lowest BCUT2D eigenvalue weighted by molar-refractivity contribution is -0.365. The SMILES string of the molecule is CC(=O)N[C@H]1[C@H](O[C@H]2[C@H](O[C@@H]3O[C@@H](C)[C@@H](O)[C@@H](O)[C@@H]3O)[C@@H](NC(C)=O)[C@H](OCC=O)O[C@@H]2CO)O[C@H](CO)[C@H](O)[C@@H]1O. The molecular formula is C24H40N2O16. The molecule has 0 aromatic carbocycles. The number of aldehydes is 1. The molecule has 15 atom stereocenters. The molecular weight excluding hydrogens is 572 g/mol. The molecule has 0 aliphatic carbocycles. The number of hydrogen-bond acceptors (Lipinski definition) is 16. The number of ether oxygens (including phenoxy) is 6. The second kappa shape index (κ2) is 15.2. The first-order valence-corrected chi connectivity index (χ1v) is 13.3. The molecule has 242 valence electrons. The summed E-state index contributed by atoms with van der Waals surface area (Å²) in [6, 6.07) is -2.76. The van der Waals surface area contributed by atoms with Gasteiger partial charge in [-0.05, 0) is 6.92 Å². The minimum absolute atomic E-state index is 0.406. The third-order valence-corrected chi connectivity index (χ3v) is 7.17. The van der Waals surface area contributed by atoms with Gasteiger partial charge in [-0.25, -0.2) is 0 Å². The quantitative estimate of drug-likeness (QED) is 0.0982. The number of aliphatic hydroxyl groups excluding tert-OH is 7. The fourth-order valence-corrected chi connectivity index (χ4v) is 5.06. The summed E-state index contributed by atoms with van der Waals surface area (Å²) in [6.07, 6.45) is -19.4. The van der Waals surface area contributed by atoms with Crippen molar-refractivity contribution in [1.82, 2.24) is 10.6 Å². The van der Waals surface area contributed by atoms with Crippen molar-refractivity contribution in [2.45, 2.75) is 113 Å². The largest absolute Gasteiger partial charge is 0.394 e. The molecule has 3 heterocycles.